The van der Waals surface area contributed by atoms with Crippen LogP contribution in [0.15, 0.2) is 29.7 Å². The minimum atomic E-state index is -0.0714. The topological polar surface area (TPSA) is 38.8 Å². The van der Waals surface area contributed by atoms with Crippen molar-refractivity contribution < 1.29 is 14.3 Å². The zero-order chi connectivity index (χ0) is 18.4. The molecule has 0 bridgehead atoms. The first-order valence-corrected chi connectivity index (χ1v) is 9.57. The van der Waals surface area contributed by atoms with Gasteiger partial charge in [0.1, 0.15) is 10.9 Å². The summed E-state index contributed by atoms with van der Waals surface area (Å²) in [6, 6.07) is 3.55. The van der Waals surface area contributed by atoms with Gasteiger partial charge in [-0.15, -0.1) is 0 Å². The molecule has 1 aliphatic heterocycles. The molecule has 2 rings (SSSR count). The molecule has 0 saturated carbocycles. The summed E-state index contributed by atoms with van der Waals surface area (Å²) in [6.07, 6.45) is 4.27. The molecule has 0 N–H and O–H groups in total. The van der Waals surface area contributed by atoms with E-state index >= 15 is 0 Å². The van der Waals surface area contributed by atoms with E-state index in [4.69, 9.17) is 33.3 Å². The molecule has 1 fully saturated rings. The van der Waals surface area contributed by atoms with Crippen LogP contribution in [0.5, 0.6) is 11.5 Å². The smallest absolute Gasteiger partial charge is 0.266 e. The maximum absolute atomic E-state index is 12.5. The molecule has 0 radical (unpaired) electrons. The Balaban J connectivity index is 2.35. The summed E-state index contributed by atoms with van der Waals surface area (Å²) in [5.74, 6) is 0.934. The Labute approximate surface area is 162 Å². The molecule has 25 heavy (non-hydrogen) atoms. The molecule has 0 unspecified atom stereocenters. The van der Waals surface area contributed by atoms with Crippen LogP contribution in [0.4, 0.5) is 0 Å². The van der Waals surface area contributed by atoms with Crippen LogP contribution >= 0.6 is 35.6 Å². The minimum absolute atomic E-state index is 0.0714. The van der Waals surface area contributed by atoms with E-state index in [1.54, 1.807) is 29.2 Å². The second-order valence-corrected chi connectivity index (χ2v) is 7.28. The summed E-state index contributed by atoms with van der Waals surface area (Å²) < 4.78 is 11.8. The van der Waals surface area contributed by atoms with Gasteiger partial charge in [-0.3, -0.25) is 9.69 Å². The van der Waals surface area contributed by atoms with Gasteiger partial charge < -0.3 is 9.47 Å². The first-order chi connectivity index (χ1) is 12.0. The van der Waals surface area contributed by atoms with Crippen LogP contribution in [0.25, 0.3) is 6.08 Å². The van der Waals surface area contributed by atoms with Gasteiger partial charge in [-0.05, 0) is 37.1 Å². The van der Waals surface area contributed by atoms with E-state index in [2.05, 4.69) is 6.58 Å². The first-order valence-electron chi connectivity index (χ1n) is 7.97. The SMILES string of the molecule is C=CCOc1c(Cl)cc(/C=C2\SC(=S)N(CCC)C2=O)cc1OCC. The number of hydrogen-bond donors (Lipinski definition) is 0. The lowest BCUT2D eigenvalue weighted by Gasteiger charge is -2.14. The van der Waals surface area contributed by atoms with Crippen molar-refractivity contribution >= 4 is 51.9 Å². The number of hydrogen-bond acceptors (Lipinski definition) is 5. The molecule has 1 aliphatic rings. The second kappa shape index (κ2) is 9.27. The molecular formula is C18H20ClNO3S2. The van der Waals surface area contributed by atoms with Crippen molar-refractivity contribution in [3.8, 4) is 11.5 Å². The number of nitrogens with zero attached hydrogens (tertiary/aromatic N) is 1. The zero-order valence-corrected chi connectivity index (χ0v) is 16.6. The van der Waals surface area contributed by atoms with Gasteiger partial charge in [0.2, 0.25) is 0 Å². The normalized spacial score (nSPS) is 15.8. The van der Waals surface area contributed by atoms with Gasteiger partial charge in [0.25, 0.3) is 5.91 Å². The largest absolute Gasteiger partial charge is 0.490 e. The highest BCUT2D eigenvalue weighted by atomic mass is 35.5. The Kier molecular flexibility index (Phi) is 7.35. The van der Waals surface area contributed by atoms with Crippen molar-refractivity contribution in [2.24, 2.45) is 0 Å². The third-order valence-electron chi connectivity index (χ3n) is 3.30. The highest BCUT2D eigenvalue weighted by Crippen LogP contribution is 2.39. The Morgan fingerprint density at radius 3 is 2.76 bits per heavy atom. The fourth-order valence-electron chi connectivity index (χ4n) is 2.28. The van der Waals surface area contributed by atoms with Gasteiger partial charge in [0.15, 0.2) is 11.5 Å². The molecule has 7 heteroatoms. The van der Waals surface area contributed by atoms with Crippen molar-refractivity contribution in [2.75, 3.05) is 19.8 Å². The maximum Gasteiger partial charge on any atom is 0.266 e. The first kappa shape index (κ1) is 19.8. The van der Waals surface area contributed by atoms with Crippen LogP contribution in [-0.4, -0.2) is 34.9 Å². The van der Waals surface area contributed by atoms with Gasteiger partial charge >= 0.3 is 0 Å². The van der Waals surface area contributed by atoms with E-state index in [-0.39, 0.29) is 5.91 Å². The Morgan fingerprint density at radius 2 is 2.12 bits per heavy atom. The molecule has 1 saturated heterocycles. The molecule has 1 aromatic rings. The van der Waals surface area contributed by atoms with Crippen LogP contribution < -0.4 is 9.47 Å². The Morgan fingerprint density at radius 1 is 1.36 bits per heavy atom. The van der Waals surface area contributed by atoms with Crippen LogP contribution in [0.2, 0.25) is 5.02 Å². The number of thioether (sulfide) groups is 1. The third-order valence-corrected chi connectivity index (χ3v) is 4.95. The zero-order valence-electron chi connectivity index (χ0n) is 14.2. The standard InChI is InChI=1S/C18H20ClNO3S2/c1-4-7-20-17(21)15(25-18(20)24)11-12-9-13(19)16(23-8-5-2)14(10-12)22-6-3/h5,9-11H,2,4,6-8H2,1,3H3/b15-11-. The number of carbonyl (C=O) groups excluding carboxylic acids is 1. The number of thiocarbonyl (C=S) groups is 1. The number of ether oxygens (including phenoxy) is 2. The van der Waals surface area contributed by atoms with Gasteiger partial charge in [0, 0.05) is 6.54 Å². The summed E-state index contributed by atoms with van der Waals surface area (Å²) >= 11 is 12.9. The van der Waals surface area contributed by atoms with Crippen molar-refractivity contribution in [1.82, 2.24) is 4.90 Å². The van der Waals surface area contributed by atoms with Crippen molar-refractivity contribution in [1.29, 1.82) is 0 Å². The molecule has 1 heterocycles. The number of benzene rings is 1. The third kappa shape index (κ3) is 4.77. The highest BCUT2D eigenvalue weighted by molar-refractivity contribution is 8.26. The molecular weight excluding hydrogens is 378 g/mol. The quantitative estimate of drug-likeness (QED) is 0.354. The molecule has 134 valence electrons. The van der Waals surface area contributed by atoms with Gasteiger partial charge in [-0.25, -0.2) is 0 Å². The number of carbonyl (C=O) groups is 1. The predicted octanol–water partition coefficient (Wildman–Crippen LogP) is 4.91. The van der Waals surface area contributed by atoms with Crippen LogP contribution in [0, 0.1) is 0 Å². The number of halogens is 1. The monoisotopic (exact) mass is 397 g/mol. The lowest BCUT2D eigenvalue weighted by atomic mass is 10.1. The molecule has 0 atom stereocenters. The summed E-state index contributed by atoms with van der Waals surface area (Å²) in [5.41, 5.74) is 0.761. The summed E-state index contributed by atoms with van der Waals surface area (Å²) in [7, 11) is 0. The number of amides is 1. The maximum atomic E-state index is 12.5. The fraction of sp³-hybridized carbons (Fsp3) is 0.333. The van der Waals surface area contributed by atoms with Crippen molar-refractivity contribution in [2.45, 2.75) is 20.3 Å². The molecule has 0 spiro atoms. The van der Waals surface area contributed by atoms with Crippen LogP contribution in [-0.2, 0) is 4.79 Å². The minimum Gasteiger partial charge on any atom is -0.490 e. The molecule has 0 aromatic heterocycles. The van der Waals surface area contributed by atoms with E-state index in [0.29, 0.717) is 45.5 Å². The highest BCUT2D eigenvalue weighted by Gasteiger charge is 2.31. The van der Waals surface area contributed by atoms with E-state index in [1.807, 2.05) is 13.8 Å². The van der Waals surface area contributed by atoms with Crippen molar-refractivity contribution in [3.63, 3.8) is 0 Å². The lowest BCUT2D eigenvalue weighted by molar-refractivity contribution is -0.122. The van der Waals surface area contributed by atoms with Crippen LogP contribution in [0.1, 0.15) is 25.8 Å². The van der Waals surface area contributed by atoms with E-state index in [9.17, 15) is 4.79 Å². The van der Waals surface area contributed by atoms with E-state index in [1.165, 1.54) is 11.8 Å². The Hall–Kier alpha value is -1.50. The van der Waals surface area contributed by atoms with Gasteiger partial charge in [0.05, 0.1) is 16.5 Å². The Bertz CT molecular complexity index is 719. The average Bonchev–Trinajstić information content (AvgIpc) is 2.82. The van der Waals surface area contributed by atoms with E-state index < -0.39 is 0 Å². The summed E-state index contributed by atoms with van der Waals surface area (Å²) in [6.45, 7) is 8.95. The molecule has 1 amide bonds. The summed E-state index contributed by atoms with van der Waals surface area (Å²) in [4.78, 5) is 14.7. The average molecular weight is 398 g/mol. The summed E-state index contributed by atoms with van der Waals surface area (Å²) in [5, 5.41) is 0.420. The van der Waals surface area contributed by atoms with Crippen LogP contribution in [0.3, 0.4) is 0 Å². The predicted molar refractivity (Wildman–Crippen MR) is 108 cm³/mol. The second-order valence-electron chi connectivity index (χ2n) is 5.20. The molecule has 1 aromatic carbocycles. The molecule has 0 aliphatic carbocycles. The molecule has 4 nitrogen and oxygen atoms in total. The van der Waals surface area contributed by atoms with Crippen molar-refractivity contribution in [3.05, 3.63) is 40.3 Å². The lowest BCUT2D eigenvalue weighted by Crippen LogP contribution is -2.28. The van der Waals surface area contributed by atoms with E-state index in [0.717, 1.165) is 12.0 Å². The number of rotatable bonds is 8. The fourth-order valence-corrected chi connectivity index (χ4v) is 3.87. The van der Waals surface area contributed by atoms with Gasteiger partial charge in [-0.1, -0.05) is 55.2 Å². The van der Waals surface area contributed by atoms with Gasteiger partial charge in [-0.2, -0.15) is 0 Å².